The van der Waals surface area contributed by atoms with E-state index in [0.29, 0.717) is 22.5 Å². The first kappa shape index (κ1) is 17.4. The molecule has 2 saturated carbocycles. The molecule has 4 unspecified atom stereocenters. The van der Waals surface area contributed by atoms with Crippen molar-refractivity contribution >= 4 is 35.1 Å². The fourth-order valence-corrected chi connectivity index (χ4v) is 5.30. The molecule has 6 heteroatoms. The molecule has 3 fully saturated rings. The van der Waals surface area contributed by atoms with Crippen molar-refractivity contribution in [2.24, 2.45) is 23.7 Å². The summed E-state index contributed by atoms with van der Waals surface area (Å²) in [5.41, 5.74) is 0.690. The van der Waals surface area contributed by atoms with Crippen molar-refractivity contribution in [3.05, 3.63) is 59.1 Å². The summed E-state index contributed by atoms with van der Waals surface area (Å²) in [7, 11) is 0. The number of imide groups is 1. The number of para-hydroxylation sites is 1. The van der Waals surface area contributed by atoms with Crippen LogP contribution in [0.5, 0.6) is 5.75 Å². The Labute approximate surface area is 167 Å². The van der Waals surface area contributed by atoms with Gasteiger partial charge in [-0.2, -0.15) is 0 Å². The molecule has 5 nitrogen and oxygen atoms in total. The number of carbonyl (C=O) groups excluding carboxylic acids is 3. The molecule has 1 saturated heterocycles. The van der Waals surface area contributed by atoms with Crippen LogP contribution >= 0.6 is 11.6 Å². The Morgan fingerprint density at radius 1 is 0.964 bits per heavy atom. The highest BCUT2D eigenvalue weighted by molar-refractivity contribution is 6.32. The molecule has 3 aliphatic rings. The summed E-state index contributed by atoms with van der Waals surface area (Å²) in [5, 5.41) is 0.334. The number of amides is 2. The molecule has 0 radical (unpaired) electrons. The van der Waals surface area contributed by atoms with Gasteiger partial charge in [-0.1, -0.05) is 29.8 Å². The molecule has 0 aromatic heterocycles. The third-order valence-electron chi connectivity index (χ3n) is 6.31. The average Bonchev–Trinajstić information content (AvgIpc) is 3.37. The Morgan fingerprint density at radius 2 is 1.64 bits per heavy atom. The van der Waals surface area contributed by atoms with Crippen molar-refractivity contribution < 1.29 is 19.1 Å². The van der Waals surface area contributed by atoms with E-state index in [1.807, 2.05) is 0 Å². The van der Waals surface area contributed by atoms with Crippen molar-refractivity contribution in [1.29, 1.82) is 0 Å². The Morgan fingerprint density at radius 3 is 2.32 bits per heavy atom. The van der Waals surface area contributed by atoms with Gasteiger partial charge in [-0.25, -0.2) is 4.79 Å². The van der Waals surface area contributed by atoms with Crippen LogP contribution in [-0.4, -0.2) is 17.8 Å². The monoisotopic (exact) mass is 395 g/mol. The predicted octanol–water partition coefficient (Wildman–Crippen LogP) is 4.09. The molecule has 0 N–H and O–H groups in total. The number of anilines is 1. The van der Waals surface area contributed by atoms with Gasteiger partial charge in [0.25, 0.3) is 0 Å². The van der Waals surface area contributed by atoms with Crippen LogP contribution in [0, 0.1) is 23.7 Å². The number of hydrogen-bond acceptors (Lipinski definition) is 4. The summed E-state index contributed by atoms with van der Waals surface area (Å²) >= 11 is 6.04. The Kier molecular flexibility index (Phi) is 4.02. The van der Waals surface area contributed by atoms with Crippen LogP contribution in [0.25, 0.3) is 0 Å². The lowest BCUT2D eigenvalue weighted by atomic mass is 9.81. The largest absolute Gasteiger partial charge is 0.421 e. The second-order valence-corrected chi connectivity index (χ2v) is 8.17. The summed E-state index contributed by atoms with van der Waals surface area (Å²) in [5.74, 6) is -0.310. The number of hydrogen-bond donors (Lipinski definition) is 0. The second kappa shape index (κ2) is 6.45. The molecule has 4 atom stereocenters. The van der Waals surface area contributed by atoms with Crippen molar-refractivity contribution in [1.82, 2.24) is 0 Å². The topological polar surface area (TPSA) is 63.7 Å². The summed E-state index contributed by atoms with van der Waals surface area (Å²) in [6.07, 6.45) is 3.05. The number of carbonyl (C=O) groups is 3. The lowest BCUT2D eigenvalue weighted by molar-refractivity contribution is -0.123. The van der Waals surface area contributed by atoms with Crippen molar-refractivity contribution in [3.63, 3.8) is 0 Å². The SMILES string of the molecule is O=C(Oc1ccccc1Cl)c1cccc(N2C(=O)C3C4CCC(C4)C3C2=O)c1. The quantitative estimate of drug-likeness (QED) is 0.446. The van der Waals surface area contributed by atoms with Crippen LogP contribution in [0.2, 0.25) is 5.02 Å². The van der Waals surface area contributed by atoms with E-state index in [4.69, 9.17) is 16.3 Å². The van der Waals surface area contributed by atoms with Gasteiger partial charge in [0, 0.05) is 0 Å². The van der Waals surface area contributed by atoms with Gasteiger partial charge in [0.05, 0.1) is 28.1 Å². The highest BCUT2D eigenvalue weighted by Gasteiger charge is 2.61. The Hall–Kier alpha value is -2.66. The van der Waals surface area contributed by atoms with E-state index < -0.39 is 5.97 Å². The minimum atomic E-state index is -0.589. The normalized spacial score (nSPS) is 28.0. The molecular formula is C22H18ClNO4. The average molecular weight is 396 g/mol. The van der Waals surface area contributed by atoms with Crippen molar-refractivity contribution in [3.8, 4) is 5.75 Å². The maximum absolute atomic E-state index is 13.0. The minimum absolute atomic E-state index is 0.126. The number of fused-ring (bicyclic) bond motifs is 5. The zero-order chi connectivity index (χ0) is 19.4. The van der Waals surface area contributed by atoms with E-state index in [-0.39, 0.29) is 35.0 Å². The first-order chi connectivity index (χ1) is 13.5. The van der Waals surface area contributed by atoms with E-state index in [9.17, 15) is 14.4 Å². The van der Waals surface area contributed by atoms with Gasteiger partial charge in [-0.15, -0.1) is 0 Å². The summed E-state index contributed by atoms with van der Waals surface area (Å²) in [4.78, 5) is 39.8. The van der Waals surface area contributed by atoms with E-state index >= 15 is 0 Å². The number of halogens is 1. The molecule has 28 heavy (non-hydrogen) atoms. The van der Waals surface area contributed by atoms with Crippen LogP contribution in [0.3, 0.4) is 0 Å². The van der Waals surface area contributed by atoms with Gasteiger partial charge in [0.2, 0.25) is 11.8 Å². The molecule has 2 aromatic rings. The van der Waals surface area contributed by atoms with E-state index in [1.165, 1.54) is 11.0 Å². The van der Waals surface area contributed by atoms with Crippen LogP contribution < -0.4 is 9.64 Å². The maximum atomic E-state index is 13.0. The van der Waals surface area contributed by atoms with Gasteiger partial charge >= 0.3 is 5.97 Å². The summed E-state index contributed by atoms with van der Waals surface area (Å²) < 4.78 is 5.36. The van der Waals surface area contributed by atoms with Gasteiger partial charge in [-0.3, -0.25) is 14.5 Å². The number of nitrogens with zero attached hydrogens (tertiary/aromatic N) is 1. The van der Waals surface area contributed by atoms with Gasteiger partial charge in [-0.05, 0) is 61.4 Å². The number of esters is 1. The highest BCUT2D eigenvalue weighted by Crippen LogP contribution is 2.56. The lowest BCUT2D eigenvalue weighted by Crippen LogP contribution is -2.32. The number of ether oxygens (including phenoxy) is 1. The molecule has 0 spiro atoms. The van der Waals surface area contributed by atoms with Crippen molar-refractivity contribution in [2.75, 3.05) is 4.90 Å². The zero-order valence-corrected chi connectivity index (χ0v) is 15.8. The molecule has 2 amide bonds. The molecule has 142 valence electrons. The summed E-state index contributed by atoms with van der Waals surface area (Å²) in [6, 6.07) is 13.2. The lowest BCUT2D eigenvalue weighted by Gasteiger charge is -2.19. The molecule has 2 bridgehead atoms. The first-order valence-corrected chi connectivity index (χ1v) is 9.87. The molecule has 2 aromatic carbocycles. The number of rotatable bonds is 3. The smallest absolute Gasteiger partial charge is 0.343 e. The van der Waals surface area contributed by atoms with Crippen LogP contribution in [0.1, 0.15) is 29.6 Å². The standard InChI is InChI=1S/C22H18ClNO4/c23-16-6-1-2-7-17(16)28-22(27)14-4-3-5-15(11-14)24-20(25)18-12-8-9-13(10-12)19(18)21(24)26/h1-7,11-13,18-19H,8-10H2. The summed E-state index contributed by atoms with van der Waals surface area (Å²) in [6.45, 7) is 0. The molecular weight excluding hydrogens is 378 g/mol. The van der Waals surface area contributed by atoms with Crippen molar-refractivity contribution in [2.45, 2.75) is 19.3 Å². The van der Waals surface area contributed by atoms with Gasteiger partial charge < -0.3 is 4.74 Å². The van der Waals surface area contributed by atoms with Gasteiger partial charge in [0.1, 0.15) is 5.75 Å². The van der Waals surface area contributed by atoms with Crippen LogP contribution in [0.4, 0.5) is 5.69 Å². The fourth-order valence-electron chi connectivity index (χ4n) is 5.12. The fraction of sp³-hybridized carbons (Fsp3) is 0.318. The van der Waals surface area contributed by atoms with Crippen LogP contribution in [0.15, 0.2) is 48.5 Å². The molecule has 2 aliphatic carbocycles. The third-order valence-corrected chi connectivity index (χ3v) is 6.62. The highest BCUT2D eigenvalue weighted by atomic mass is 35.5. The van der Waals surface area contributed by atoms with E-state index in [0.717, 1.165) is 19.3 Å². The van der Waals surface area contributed by atoms with E-state index in [2.05, 4.69) is 0 Å². The molecule has 1 aliphatic heterocycles. The van der Waals surface area contributed by atoms with E-state index in [1.54, 1.807) is 42.5 Å². The first-order valence-electron chi connectivity index (χ1n) is 9.49. The Bertz CT molecular complexity index is 976. The minimum Gasteiger partial charge on any atom is -0.421 e. The third kappa shape index (κ3) is 2.57. The van der Waals surface area contributed by atoms with Gasteiger partial charge in [0.15, 0.2) is 0 Å². The predicted molar refractivity (Wildman–Crippen MR) is 103 cm³/mol. The van der Waals surface area contributed by atoms with Crippen LogP contribution in [-0.2, 0) is 9.59 Å². The zero-order valence-electron chi connectivity index (χ0n) is 15.0. The second-order valence-electron chi connectivity index (χ2n) is 7.77. The Balaban J connectivity index is 1.42. The molecule has 1 heterocycles. The maximum Gasteiger partial charge on any atom is 0.343 e. The number of benzene rings is 2. The molecule has 5 rings (SSSR count).